The molecule has 25 heavy (non-hydrogen) atoms. The van der Waals surface area contributed by atoms with Crippen molar-refractivity contribution in [1.29, 1.82) is 0 Å². The van der Waals surface area contributed by atoms with E-state index in [0.717, 1.165) is 55.4 Å². The van der Waals surface area contributed by atoms with Crippen molar-refractivity contribution in [2.24, 2.45) is 4.99 Å². The van der Waals surface area contributed by atoms with Crippen LogP contribution >= 0.6 is 11.8 Å². The Hall–Kier alpha value is -1.76. The van der Waals surface area contributed by atoms with E-state index in [2.05, 4.69) is 20.9 Å². The number of hydrogen-bond acceptors (Lipinski definition) is 3. The molecule has 138 valence electrons. The van der Waals surface area contributed by atoms with Crippen molar-refractivity contribution in [2.45, 2.75) is 43.0 Å². The van der Waals surface area contributed by atoms with Crippen molar-refractivity contribution in [3.05, 3.63) is 30.1 Å². The largest absolute Gasteiger partial charge is 0.356 e. The molecule has 0 saturated heterocycles. The zero-order valence-corrected chi connectivity index (χ0v) is 15.5. The molecule has 1 aliphatic rings. The van der Waals surface area contributed by atoms with E-state index >= 15 is 0 Å². The van der Waals surface area contributed by atoms with Gasteiger partial charge in [0.2, 0.25) is 5.91 Å². The summed E-state index contributed by atoms with van der Waals surface area (Å²) in [5.41, 5.74) is 0. The normalized spacial score (nSPS) is 14.2. The van der Waals surface area contributed by atoms with Crippen LogP contribution in [0.15, 0.2) is 34.2 Å². The van der Waals surface area contributed by atoms with Crippen LogP contribution in [0.3, 0.4) is 0 Å². The van der Waals surface area contributed by atoms with Gasteiger partial charge in [0.25, 0.3) is 0 Å². The summed E-state index contributed by atoms with van der Waals surface area (Å²) >= 11 is 1.71. The van der Waals surface area contributed by atoms with Gasteiger partial charge in [-0.15, -0.1) is 11.8 Å². The van der Waals surface area contributed by atoms with Crippen LogP contribution in [0.1, 0.15) is 32.1 Å². The van der Waals surface area contributed by atoms with Crippen LogP contribution in [-0.2, 0) is 4.79 Å². The summed E-state index contributed by atoms with van der Waals surface area (Å²) in [6.07, 6.45) is 4.57. The predicted octanol–water partition coefficient (Wildman–Crippen LogP) is 2.53. The number of thioether (sulfide) groups is 1. The van der Waals surface area contributed by atoms with Crippen molar-refractivity contribution in [3.63, 3.8) is 0 Å². The summed E-state index contributed by atoms with van der Waals surface area (Å²) < 4.78 is 12.8. The highest BCUT2D eigenvalue weighted by Gasteiger charge is 2.22. The molecule has 7 heteroatoms. The smallest absolute Gasteiger partial charge is 0.220 e. The monoisotopic (exact) mass is 366 g/mol. The molecular formula is C18H27FN4OS. The maximum atomic E-state index is 12.8. The predicted molar refractivity (Wildman–Crippen MR) is 102 cm³/mol. The second-order valence-corrected chi connectivity index (χ2v) is 7.20. The number of aliphatic imine (C=N–C) groups is 1. The van der Waals surface area contributed by atoms with E-state index in [4.69, 9.17) is 0 Å². The fraction of sp³-hybridized carbons (Fsp3) is 0.556. The molecule has 0 heterocycles. The first-order chi connectivity index (χ1) is 12.2. The molecule has 1 aromatic carbocycles. The molecule has 0 unspecified atom stereocenters. The number of carbonyl (C=O) groups is 1. The molecule has 1 saturated carbocycles. The molecule has 2 rings (SSSR count). The quantitative estimate of drug-likeness (QED) is 0.258. The van der Waals surface area contributed by atoms with Gasteiger partial charge in [-0.05, 0) is 55.7 Å². The summed E-state index contributed by atoms with van der Waals surface area (Å²) in [7, 11) is 1.74. The van der Waals surface area contributed by atoms with Gasteiger partial charge in [-0.25, -0.2) is 4.39 Å². The third-order valence-corrected chi connectivity index (χ3v) is 4.83. The van der Waals surface area contributed by atoms with Crippen LogP contribution in [0.2, 0.25) is 0 Å². The summed E-state index contributed by atoms with van der Waals surface area (Å²) in [6.45, 7) is 1.54. The highest BCUT2D eigenvalue weighted by Crippen LogP contribution is 2.19. The fourth-order valence-electron chi connectivity index (χ4n) is 2.20. The minimum Gasteiger partial charge on any atom is -0.356 e. The molecule has 5 nitrogen and oxygen atoms in total. The second kappa shape index (κ2) is 11.0. The van der Waals surface area contributed by atoms with E-state index in [-0.39, 0.29) is 11.7 Å². The van der Waals surface area contributed by atoms with Crippen molar-refractivity contribution < 1.29 is 9.18 Å². The molecule has 1 aliphatic carbocycles. The van der Waals surface area contributed by atoms with E-state index in [9.17, 15) is 9.18 Å². The topological polar surface area (TPSA) is 65.5 Å². The third kappa shape index (κ3) is 8.77. The Morgan fingerprint density at radius 2 is 1.88 bits per heavy atom. The van der Waals surface area contributed by atoms with E-state index in [0.29, 0.717) is 12.5 Å². The molecule has 1 fully saturated rings. The van der Waals surface area contributed by atoms with Gasteiger partial charge in [-0.1, -0.05) is 0 Å². The van der Waals surface area contributed by atoms with Crippen LogP contribution in [0.25, 0.3) is 0 Å². The molecule has 0 aromatic heterocycles. The Labute approximate surface area is 153 Å². The SMILES string of the molecule is CN=C(NCCCSc1ccc(F)cc1)NCCCC(=O)NC1CC1. The number of nitrogens with one attached hydrogen (secondary N) is 3. The number of amides is 1. The molecular weight excluding hydrogens is 339 g/mol. The van der Waals surface area contributed by atoms with E-state index in [1.54, 1.807) is 30.9 Å². The molecule has 1 amide bonds. The Morgan fingerprint density at radius 1 is 1.20 bits per heavy atom. The average molecular weight is 367 g/mol. The van der Waals surface area contributed by atoms with Crippen LogP contribution in [-0.4, -0.2) is 43.8 Å². The molecule has 0 atom stereocenters. The van der Waals surface area contributed by atoms with E-state index in [1.165, 1.54) is 12.1 Å². The van der Waals surface area contributed by atoms with Gasteiger partial charge < -0.3 is 16.0 Å². The molecule has 0 aliphatic heterocycles. The van der Waals surface area contributed by atoms with E-state index in [1.807, 2.05) is 0 Å². The average Bonchev–Trinajstić information content (AvgIpc) is 3.42. The minimum atomic E-state index is -0.203. The van der Waals surface area contributed by atoms with Crippen LogP contribution in [0.5, 0.6) is 0 Å². The Morgan fingerprint density at radius 3 is 2.52 bits per heavy atom. The van der Waals surface area contributed by atoms with Crippen LogP contribution in [0.4, 0.5) is 4.39 Å². The highest BCUT2D eigenvalue weighted by atomic mass is 32.2. The van der Waals surface area contributed by atoms with Gasteiger partial charge >= 0.3 is 0 Å². The van der Waals surface area contributed by atoms with Gasteiger partial charge in [0.05, 0.1) is 0 Å². The lowest BCUT2D eigenvalue weighted by Crippen LogP contribution is -2.38. The third-order valence-electron chi connectivity index (χ3n) is 3.74. The standard InChI is InChI=1S/C18H27FN4OS/c1-20-18(21-11-2-4-17(24)23-15-7-8-15)22-12-3-13-25-16-9-5-14(19)6-10-16/h5-6,9-10,15H,2-4,7-8,11-13H2,1H3,(H,23,24)(H2,20,21,22). The number of carbonyl (C=O) groups excluding carboxylic acids is 1. The number of rotatable bonds is 10. The first-order valence-corrected chi connectivity index (χ1v) is 9.78. The van der Waals surface area contributed by atoms with Gasteiger partial charge in [0.1, 0.15) is 5.82 Å². The Bertz CT molecular complexity index is 561. The van der Waals surface area contributed by atoms with Crippen molar-refractivity contribution in [2.75, 3.05) is 25.9 Å². The first kappa shape index (κ1) is 19.6. The van der Waals surface area contributed by atoms with Gasteiger partial charge in [0, 0.05) is 37.5 Å². The van der Waals surface area contributed by atoms with Crippen LogP contribution in [0, 0.1) is 5.82 Å². The lowest BCUT2D eigenvalue weighted by Gasteiger charge is -2.11. The number of nitrogens with zero attached hydrogens (tertiary/aromatic N) is 1. The van der Waals surface area contributed by atoms with Crippen molar-refractivity contribution in [3.8, 4) is 0 Å². The molecule has 0 spiro atoms. The molecule has 0 bridgehead atoms. The van der Waals surface area contributed by atoms with E-state index < -0.39 is 0 Å². The summed E-state index contributed by atoms with van der Waals surface area (Å²) in [6, 6.07) is 7.00. The summed E-state index contributed by atoms with van der Waals surface area (Å²) in [4.78, 5) is 16.8. The number of hydrogen-bond donors (Lipinski definition) is 3. The number of benzene rings is 1. The second-order valence-electron chi connectivity index (χ2n) is 6.03. The van der Waals surface area contributed by atoms with Crippen molar-refractivity contribution >= 4 is 23.6 Å². The highest BCUT2D eigenvalue weighted by molar-refractivity contribution is 7.99. The molecule has 1 aromatic rings. The summed E-state index contributed by atoms with van der Waals surface area (Å²) in [5.74, 6) is 1.65. The van der Waals surface area contributed by atoms with Crippen molar-refractivity contribution in [1.82, 2.24) is 16.0 Å². The zero-order valence-electron chi connectivity index (χ0n) is 14.7. The number of guanidine groups is 1. The zero-order chi connectivity index (χ0) is 17.9. The van der Waals surface area contributed by atoms with Gasteiger partial charge in [-0.3, -0.25) is 9.79 Å². The maximum absolute atomic E-state index is 12.8. The molecule has 0 radical (unpaired) electrons. The Kier molecular flexibility index (Phi) is 8.59. The van der Waals surface area contributed by atoms with Gasteiger partial charge in [0.15, 0.2) is 5.96 Å². The number of halogens is 1. The summed E-state index contributed by atoms with van der Waals surface area (Å²) in [5, 5.41) is 9.46. The van der Waals surface area contributed by atoms with Gasteiger partial charge in [-0.2, -0.15) is 0 Å². The minimum absolute atomic E-state index is 0.144. The molecule has 3 N–H and O–H groups in total. The van der Waals surface area contributed by atoms with Crippen LogP contribution < -0.4 is 16.0 Å². The lowest BCUT2D eigenvalue weighted by molar-refractivity contribution is -0.121. The lowest BCUT2D eigenvalue weighted by atomic mass is 10.3. The Balaban J connectivity index is 1.48. The maximum Gasteiger partial charge on any atom is 0.220 e. The fourth-order valence-corrected chi connectivity index (χ4v) is 3.06. The first-order valence-electron chi connectivity index (χ1n) is 8.79.